The maximum Gasteiger partial charge on any atom is 0.408 e. The fraction of sp³-hybridized carbons (Fsp3) is 0.310. The van der Waals surface area contributed by atoms with Gasteiger partial charge in [0.25, 0.3) is 0 Å². The van der Waals surface area contributed by atoms with E-state index in [1.54, 1.807) is 45.2 Å². The van der Waals surface area contributed by atoms with Crippen molar-refractivity contribution in [3.63, 3.8) is 0 Å². The van der Waals surface area contributed by atoms with Gasteiger partial charge in [0, 0.05) is 29.6 Å². The van der Waals surface area contributed by atoms with Gasteiger partial charge in [0.15, 0.2) is 5.75 Å². The highest BCUT2D eigenvalue weighted by molar-refractivity contribution is 6.32. The third-order valence-electron chi connectivity index (χ3n) is 6.87. The maximum absolute atomic E-state index is 12.0. The van der Waals surface area contributed by atoms with E-state index in [1.807, 2.05) is 18.2 Å². The van der Waals surface area contributed by atoms with E-state index < -0.39 is 22.1 Å². The van der Waals surface area contributed by atoms with E-state index in [2.05, 4.69) is 20.3 Å². The highest BCUT2D eigenvalue weighted by Gasteiger charge is 2.55. The maximum atomic E-state index is 12.0. The molecule has 0 saturated heterocycles. The molecule has 2 aromatic heterocycles. The van der Waals surface area contributed by atoms with Crippen molar-refractivity contribution < 1.29 is 24.3 Å². The van der Waals surface area contributed by atoms with Gasteiger partial charge in [0.2, 0.25) is 0 Å². The number of fused-ring (bicyclic) bond motifs is 1. The number of anilines is 2. The van der Waals surface area contributed by atoms with Crippen molar-refractivity contribution in [3.05, 3.63) is 81.9 Å². The minimum Gasteiger partial charge on any atom is -0.486 e. The van der Waals surface area contributed by atoms with Gasteiger partial charge in [-0.15, -0.1) is 0 Å². The third kappa shape index (κ3) is 6.13. The van der Waals surface area contributed by atoms with Gasteiger partial charge in [0.05, 0.1) is 32.1 Å². The second kappa shape index (κ2) is 11.3. The van der Waals surface area contributed by atoms with Crippen LogP contribution >= 0.6 is 11.6 Å². The second-order valence-corrected chi connectivity index (χ2v) is 11.4. The minimum atomic E-state index is -1.06. The first-order valence-electron chi connectivity index (χ1n) is 13.2. The molecule has 0 atom stereocenters. The Balaban J connectivity index is 1.37. The molecule has 4 aromatic rings. The molecular weight excluding hydrogens is 564 g/mol. The van der Waals surface area contributed by atoms with E-state index in [-0.39, 0.29) is 24.7 Å². The Morgan fingerprint density at radius 3 is 2.52 bits per heavy atom. The van der Waals surface area contributed by atoms with E-state index in [1.165, 1.54) is 23.4 Å². The van der Waals surface area contributed by atoms with Crippen molar-refractivity contribution in [2.75, 3.05) is 11.9 Å². The molecule has 42 heavy (non-hydrogen) atoms. The van der Waals surface area contributed by atoms with Crippen molar-refractivity contribution in [1.29, 1.82) is 0 Å². The van der Waals surface area contributed by atoms with Crippen LogP contribution in [-0.2, 0) is 6.61 Å². The molecular formula is C29H29ClN6O6. The first-order chi connectivity index (χ1) is 20.0. The number of nitro benzene ring substituents is 1. The van der Waals surface area contributed by atoms with Crippen LogP contribution in [0.15, 0.2) is 61.1 Å². The van der Waals surface area contributed by atoms with Crippen LogP contribution in [0.5, 0.6) is 11.5 Å². The Kier molecular flexibility index (Phi) is 7.74. The minimum absolute atomic E-state index is 0.000116. The van der Waals surface area contributed by atoms with E-state index in [0.29, 0.717) is 46.0 Å². The highest BCUT2D eigenvalue weighted by atomic mass is 35.5. The highest BCUT2D eigenvalue weighted by Crippen LogP contribution is 2.46. The predicted molar refractivity (Wildman–Crippen MR) is 157 cm³/mol. The van der Waals surface area contributed by atoms with Crippen LogP contribution in [-0.4, -0.2) is 53.7 Å². The van der Waals surface area contributed by atoms with Crippen molar-refractivity contribution >= 4 is 45.8 Å². The van der Waals surface area contributed by atoms with E-state index in [0.717, 1.165) is 5.69 Å². The number of rotatable bonds is 10. The number of benzene rings is 2. The largest absolute Gasteiger partial charge is 0.486 e. The van der Waals surface area contributed by atoms with Crippen LogP contribution in [0.3, 0.4) is 0 Å². The van der Waals surface area contributed by atoms with Gasteiger partial charge in [-0.05, 0) is 63.9 Å². The van der Waals surface area contributed by atoms with Crippen LogP contribution in [0.2, 0.25) is 5.02 Å². The first kappa shape index (κ1) is 28.8. The van der Waals surface area contributed by atoms with Gasteiger partial charge in [-0.1, -0.05) is 17.7 Å². The van der Waals surface area contributed by atoms with Crippen molar-refractivity contribution in [2.45, 2.75) is 51.3 Å². The summed E-state index contributed by atoms with van der Waals surface area (Å²) in [7, 11) is 0. The number of amides is 1. The summed E-state index contributed by atoms with van der Waals surface area (Å²) < 4.78 is 11.7. The molecule has 1 amide bonds. The Labute approximate surface area is 246 Å². The number of aromatic nitrogens is 3. The second-order valence-electron chi connectivity index (χ2n) is 11.0. The molecule has 1 fully saturated rings. The lowest BCUT2D eigenvalue weighted by molar-refractivity contribution is -0.385. The van der Waals surface area contributed by atoms with Crippen LogP contribution in [0.1, 0.15) is 39.3 Å². The number of carbonyl (C=O) groups is 1. The van der Waals surface area contributed by atoms with E-state index >= 15 is 0 Å². The number of nitro groups is 1. The third-order valence-corrected chi connectivity index (χ3v) is 7.16. The summed E-state index contributed by atoms with van der Waals surface area (Å²) in [6.45, 7) is 5.65. The summed E-state index contributed by atoms with van der Waals surface area (Å²) in [5.41, 5.74) is 0.0446. The van der Waals surface area contributed by atoms with Crippen LogP contribution < -0.4 is 14.8 Å². The molecule has 0 aliphatic heterocycles. The quantitative estimate of drug-likeness (QED) is 0.152. The number of nitrogens with one attached hydrogen (secondary N) is 1. The zero-order chi connectivity index (χ0) is 30.1. The molecule has 218 valence electrons. The van der Waals surface area contributed by atoms with Crippen molar-refractivity contribution in [2.24, 2.45) is 0 Å². The lowest BCUT2D eigenvalue weighted by Crippen LogP contribution is -2.55. The molecule has 0 spiro atoms. The average Bonchev–Trinajstić information content (AvgIpc) is 3.70. The molecule has 2 aromatic carbocycles. The van der Waals surface area contributed by atoms with Crippen molar-refractivity contribution in [3.8, 4) is 11.5 Å². The zero-order valence-electron chi connectivity index (χ0n) is 23.2. The summed E-state index contributed by atoms with van der Waals surface area (Å²) in [4.78, 5) is 37.7. The Hall–Kier alpha value is -4.71. The van der Waals surface area contributed by atoms with Crippen LogP contribution in [0, 0.1) is 10.1 Å². The summed E-state index contributed by atoms with van der Waals surface area (Å²) >= 11 is 6.45. The number of hydrogen-bond acceptors (Lipinski definition) is 9. The zero-order valence-corrected chi connectivity index (χ0v) is 24.0. The number of nitrogens with zero attached hydrogens (tertiary/aromatic N) is 5. The smallest absolute Gasteiger partial charge is 0.408 e. The first-order valence-corrected chi connectivity index (χ1v) is 13.5. The topological polar surface area (TPSA) is 153 Å². The monoisotopic (exact) mass is 592 g/mol. The fourth-order valence-corrected chi connectivity index (χ4v) is 5.12. The van der Waals surface area contributed by atoms with Gasteiger partial charge < -0.3 is 19.9 Å². The number of hydrogen-bond donors (Lipinski definition) is 2. The fourth-order valence-electron chi connectivity index (χ4n) is 4.89. The van der Waals surface area contributed by atoms with Gasteiger partial charge in [-0.25, -0.2) is 14.8 Å². The average molecular weight is 593 g/mol. The van der Waals surface area contributed by atoms with E-state index in [9.17, 15) is 20.0 Å². The van der Waals surface area contributed by atoms with Crippen LogP contribution in [0.4, 0.5) is 22.0 Å². The lowest BCUT2D eigenvalue weighted by Gasteiger charge is -2.40. The number of halogens is 1. The molecule has 1 saturated carbocycles. The van der Waals surface area contributed by atoms with E-state index in [4.69, 9.17) is 21.1 Å². The Morgan fingerprint density at radius 2 is 1.90 bits per heavy atom. The SMILES string of the molecule is CC(C)(C)N(C(=O)O)C1(COc2cc3ncnc(Nc4ccc(OCc5ccccn5)c(Cl)c4)c3cc2[N+](=O)[O-])CC1. The predicted octanol–water partition coefficient (Wildman–Crippen LogP) is 6.60. The summed E-state index contributed by atoms with van der Waals surface area (Å²) in [5, 5.41) is 25.8. The molecule has 0 radical (unpaired) electrons. The van der Waals surface area contributed by atoms with Crippen molar-refractivity contribution in [1.82, 2.24) is 19.9 Å². The van der Waals surface area contributed by atoms with Gasteiger partial charge in [0.1, 0.15) is 31.1 Å². The molecule has 12 nitrogen and oxygen atoms in total. The molecule has 13 heteroatoms. The Morgan fingerprint density at radius 1 is 1.12 bits per heavy atom. The number of carboxylic acid groups (broad SMARTS) is 1. The number of pyridine rings is 1. The molecule has 2 heterocycles. The summed E-state index contributed by atoms with van der Waals surface area (Å²) in [5.74, 6) is 0.802. The summed E-state index contributed by atoms with van der Waals surface area (Å²) in [6, 6.07) is 13.5. The molecule has 1 aliphatic carbocycles. The number of ether oxygens (including phenoxy) is 2. The van der Waals surface area contributed by atoms with Gasteiger partial charge >= 0.3 is 11.8 Å². The Bertz CT molecular complexity index is 1640. The molecule has 0 unspecified atom stereocenters. The molecule has 0 bridgehead atoms. The molecule has 2 N–H and O–H groups in total. The summed E-state index contributed by atoms with van der Waals surface area (Å²) in [6.07, 6.45) is 3.16. The normalized spacial score (nSPS) is 13.8. The molecule has 1 aliphatic rings. The standard InChI is InChI=1S/C29H29ClN6O6/c1-28(2,3)35(27(37)38)29(9-10-29)16-42-25-14-22-20(13-23(25)36(39)40)26(33-17-32-22)34-18-7-8-24(21(30)12-18)41-15-19-6-4-5-11-31-19/h4-8,11-14,17H,9-10,15-16H2,1-3H3,(H,37,38)(H,32,33,34). The van der Waals surface area contributed by atoms with Gasteiger partial charge in [-0.3, -0.25) is 20.0 Å². The molecule has 5 rings (SSSR count). The lowest BCUT2D eigenvalue weighted by atomic mass is 10.0. The van der Waals surface area contributed by atoms with Gasteiger partial charge in [-0.2, -0.15) is 0 Å². The van der Waals surface area contributed by atoms with Crippen LogP contribution in [0.25, 0.3) is 10.9 Å².